The molecule has 4 nitrogen and oxygen atoms in total. The lowest BCUT2D eigenvalue weighted by molar-refractivity contribution is 0.0536. The van der Waals surface area contributed by atoms with Crippen molar-refractivity contribution in [2.24, 2.45) is 0 Å². The van der Waals surface area contributed by atoms with E-state index in [9.17, 15) is 4.79 Å². The number of carbonyl (C=O) groups excluding carboxylic acids is 1. The molecule has 0 heterocycles. The summed E-state index contributed by atoms with van der Waals surface area (Å²) in [5, 5.41) is 17.5. The lowest BCUT2D eigenvalue weighted by atomic mass is 10.2. The monoisotopic (exact) mass is 196 g/mol. The highest BCUT2D eigenvalue weighted by Crippen LogP contribution is 2.11. The molecule has 0 spiro atoms. The number of carbonyl (C=O) groups is 1. The molecule has 14 heavy (non-hydrogen) atoms. The largest absolute Gasteiger partial charge is 0.491 e. The van der Waals surface area contributed by atoms with Crippen LogP contribution in [0.1, 0.15) is 10.4 Å². The van der Waals surface area contributed by atoms with Gasteiger partial charge in [-0.25, -0.2) is 0 Å². The molecular formula is C10H12O4. The molecule has 1 aromatic rings. The van der Waals surface area contributed by atoms with Crippen LogP contribution in [-0.2, 0) is 0 Å². The lowest BCUT2D eigenvalue weighted by Gasteiger charge is -2.09. The number of benzene rings is 1. The Hall–Kier alpha value is -1.39. The van der Waals surface area contributed by atoms with Crippen LogP contribution in [0.3, 0.4) is 0 Å². The van der Waals surface area contributed by atoms with Crippen LogP contribution in [0.25, 0.3) is 0 Å². The molecule has 0 bridgehead atoms. The number of ether oxygens (including phenoxy) is 1. The molecule has 0 unspecified atom stereocenters. The first-order valence-corrected chi connectivity index (χ1v) is 4.23. The van der Waals surface area contributed by atoms with Gasteiger partial charge in [0, 0.05) is 5.56 Å². The molecule has 1 atom stereocenters. The number of hydrogen-bond donors (Lipinski definition) is 2. The number of rotatable bonds is 5. The molecule has 0 aliphatic heterocycles. The molecule has 0 fully saturated rings. The second-order valence-corrected chi connectivity index (χ2v) is 2.83. The molecule has 4 heteroatoms. The van der Waals surface area contributed by atoms with Crippen molar-refractivity contribution in [3.63, 3.8) is 0 Å². The SMILES string of the molecule is O=Cc1ccc(OC[C@@H](O)CO)cc1. The Labute approximate surface area is 81.8 Å². The molecule has 0 aromatic heterocycles. The molecule has 76 valence electrons. The van der Waals surface area contributed by atoms with Gasteiger partial charge in [-0.3, -0.25) is 4.79 Å². The minimum absolute atomic E-state index is 0.0386. The van der Waals surface area contributed by atoms with Crippen LogP contribution < -0.4 is 4.74 Å². The van der Waals surface area contributed by atoms with E-state index in [0.717, 1.165) is 6.29 Å². The van der Waals surface area contributed by atoms with E-state index in [2.05, 4.69) is 0 Å². The molecule has 0 amide bonds. The maximum Gasteiger partial charge on any atom is 0.150 e. The summed E-state index contributed by atoms with van der Waals surface area (Å²) in [4.78, 5) is 10.3. The molecule has 2 N–H and O–H groups in total. The van der Waals surface area contributed by atoms with E-state index in [1.54, 1.807) is 24.3 Å². The minimum atomic E-state index is -0.874. The van der Waals surface area contributed by atoms with E-state index in [4.69, 9.17) is 14.9 Å². The van der Waals surface area contributed by atoms with E-state index in [0.29, 0.717) is 11.3 Å². The lowest BCUT2D eigenvalue weighted by Crippen LogP contribution is -2.21. The zero-order valence-corrected chi connectivity index (χ0v) is 7.59. The van der Waals surface area contributed by atoms with E-state index >= 15 is 0 Å². The normalized spacial score (nSPS) is 12.1. The topological polar surface area (TPSA) is 66.8 Å². The van der Waals surface area contributed by atoms with Crippen LogP contribution >= 0.6 is 0 Å². The molecule has 0 saturated carbocycles. The van der Waals surface area contributed by atoms with Crippen molar-refractivity contribution in [2.75, 3.05) is 13.2 Å². The van der Waals surface area contributed by atoms with Crippen molar-refractivity contribution >= 4 is 6.29 Å². The van der Waals surface area contributed by atoms with E-state index < -0.39 is 6.10 Å². The highest BCUT2D eigenvalue weighted by molar-refractivity contribution is 5.74. The Morgan fingerprint density at radius 2 is 2.00 bits per heavy atom. The first-order chi connectivity index (χ1) is 6.76. The summed E-state index contributed by atoms with van der Waals surface area (Å²) < 4.78 is 5.13. The fourth-order valence-corrected chi connectivity index (χ4v) is 0.888. The van der Waals surface area contributed by atoms with Gasteiger partial charge in [0.25, 0.3) is 0 Å². The summed E-state index contributed by atoms with van der Waals surface area (Å²) in [6, 6.07) is 6.50. The predicted octanol–water partition coefficient (Wildman–Crippen LogP) is 0.231. The highest BCUT2D eigenvalue weighted by atomic mass is 16.5. The average molecular weight is 196 g/mol. The van der Waals surface area contributed by atoms with Gasteiger partial charge in [0.2, 0.25) is 0 Å². The molecular weight excluding hydrogens is 184 g/mol. The summed E-state index contributed by atoms with van der Waals surface area (Å²) >= 11 is 0. The summed E-state index contributed by atoms with van der Waals surface area (Å²) in [5.74, 6) is 0.558. The van der Waals surface area contributed by atoms with Crippen molar-refractivity contribution < 1.29 is 19.7 Å². The predicted molar refractivity (Wildman–Crippen MR) is 50.4 cm³/mol. The Kier molecular flexibility index (Phi) is 4.10. The molecule has 1 aromatic carbocycles. The van der Waals surface area contributed by atoms with Crippen LogP contribution in [0.2, 0.25) is 0 Å². The van der Waals surface area contributed by atoms with Gasteiger partial charge in [0.15, 0.2) is 0 Å². The second kappa shape index (κ2) is 5.36. The average Bonchev–Trinajstić information content (AvgIpc) is 2.26. The van der Waals surface area contributed by atoms with Gasteiger partial charge in [0.1, 0.15) is 24.7 Å². The van der Waals surface area contributed by atoms with Crippen LogP contribution in [0.4, 0.5) is 0 Å². The van der Waals surface area contributed by atoms with Crippen molar-refractivity contribution in [3.8, 4) is 5.75 Å². The highest BCUT2D eigenvalue weighted by Gasteiger charge is 2.02. The number of aldehydes is 1. The van der Waals surface area contributed by atoms with Gasteiger partial charge in [-0.2, -0.15) is 0 Å². The third-order valence-corrected chi connectivity index (χ3v) is 1.67. The van der Waals surface area contributed by atoms with Crippen molar-refractivity contribution in [1.82, 2.24) is 0 Å². The Morgan fingerprint density at radius 3 is 2.50 bits per heavy atom. The van der Waals surface area contributed by atoms with E-state index in [1.807, 2.05) is 0 Å². The van der Waals surface area contributed by atoms with Gasteiger partial charge in [-0.1, -0.05) is 0 Å². The first-order valence-electron chi connectivity index (χ1n) is 4.23. The van der Waals surface area contributed by atoms with Crippen LogP contribution in [0.15, 0.2) is 24.3 Å². The molecule has 1 rings (SSSR count). The summed E-state index contributed by atoms with van der Waals surface area (Å²) in [6.45, 7) is -0.288. The molecule has 0 aliphatic rings. The standard InChI is InChI=1S/C10H12O4/c11-5-8-1-3-10(4-2-8)14-7-9(13)6-12/h1-5,9,12-13H,6-7H2/t9-/m0/s1. The molecule has 0 aliphatic carbocycles. The van der Waals surface area contributed by atoms with Gasteiger partial charge in [0.05, 0.1) is 6.61 Å². The fraction of sp³-hybridized carbons (Fsp3) is 0.300. The summed E-state index contributed by atoms with van der Waals surface area (Å²) in [5.41, 5.74) is 0.569. The Morgan fingerprint density at radius 1 is 1.36 bits per heavy atom. The van der Waals surface area contributed by atoms with Crippen LogP contribution in [-0.4, -0.2) is 35.8 Å². The van der Waals surface area contributed by atoms with E-state index in [1.165, 1.54) is 0 Å². The maximum absolute atomic E-state index is 10.3. The van der Waals surface area contributed by atoms with Crippen molar-refractivity contribution in [2.45, 2.75) is 6.10 Å². The number of aliphatic hydroxyl groups excluding tert-OH is 2. The van der Waals surface area contributed by atoms with Gasteiger partial charge in [-0.05, 0) is 24.3 Å². The number of hydrogen-bond acceptors (Lipinski definition) is 4. The zero-order valence-electron chi connectivity index (χ0n) is 7.59. The maximum atomic E-state index is 10.3. The second-order valence-electron chi connectivity index (χ2n) is 2.83. The van der Waals surface area contributed by atoms with E-state index in [-0.39, 0.29) is 13.2 Å². The van der Waals surface area contributed by atoms with Crippen LogP contribution in [0.5, 0.6) is 5.75 Å². The van der Waals surface area contributed by atoms with Crippen LogP contribution in [0, 0.1) is 0 Å². The third kappa shape index (κ3) is 3.16. The van der Waals surface area contributed by atoms with Crippen molar-refractivity contribution in [1.29, 1.82) is 0 Å². The smallest absolute Gasteiger partial charge is 0.150 e. The fourth-order valence-electron chi connectivity index (χ4n) is 0.888. The Balaban J connectivity index is 2.47. The Bertz CT molecular complexity index is 281. The minimum Gasteiger partial charge on any atom is -0.491 e. The number of aliphatic hydroxyl groups is 2. The van der Waals surface area contributed by atoms with Gasteiger partial charge >= 0.3 is 0 Å². The molecule has 0 radical (unpaired) electrons. The summed E-state index contributed by atoms with van der Waals surface area (Å²) in [7, 11) is 0. The first kappa shape index (κ1) is 10.7. The zero-order chi connectivity index (χ0) is 10.4. The quantitative estimate of drug-likeness (QED) is 0.661. The van der Waals surface area contributed by atoms with Gasteiger partial charge < -0.3 is 14.9 Å². The van der Waals surface area contributed by atoms with Gasteiger partial charge in [-0.15, -0.1) is 0 Å². The summed E-state index contributed by atoms with van der Waals surface area (Å²) in [6.07, 6.45) is -0.132. The third-order valence-electron chi connectivity index (χ3n) is 1.67. The van der Waals surface area contributed by atoms with Crippen molar-refractivity contribution in [3.05, 3.63) is 29.8 Å². The molecule has 0 saturated heterocycles.